The minimum absolute atomic E-state index is 0.0279. The van der Waals surface area contributed by atoms with E-state index in [4.69, 9.17) is 0 Å². The minimum Gasteiger partial charge on any atom is -0.385 e. The number of alkyl halides is 3. The minimum atomic E-state index is -4.31. The van der Waals surface area contributed by atoms with Crippen molar-refractivity contribution in [2.24, 2.45) is 5.92 Å². The van der Waals surface area contributed by atoms with Gasteiger partial charge in [-0.25, -0.2) is 4.39 Å². The molecule has 1 aliphatic rings. The maximum Gasteiger partial charge on any atom is 0.391 e. The third kappa shape index (κ3) is 3.08. The van der Waals surface area contributed by atoms with Gasteiger partial charge in [0, 0.05) is 0 Å². The van der Waals surface area contributed by atoms with Crippen LogP contribution in [0.25, 0.3) is 0 Å². The Balaban J connectivity index is 2.31. The monoisotopic (exact) mass is 276 g/mol. The van der Waals surface area contributed by atoms with Crippen LogP contribution in [-0.2, 0) is 5.60 Å². The third-order valence-corrected chi connectivity index (χ3v) is 3.77. The van der Waals surface area contributed by atoms with Crippen LogP contribution in [0.1, 0.15) is 36.8 Å². The van der Waals surface area contributed by atoms with Crippen molar-refractivity contribution in [3.8, 4) is 0 Å². The van der Waals surface area contributed by atoms with Crippen LogP contribution in [0, 0.1) is 18.7 Å². The van der Waals surface area contributed by atoms with Gasteiger partial charge in [-0.3, -0.25) is 0 Å². The molecule has 1 aromatic rings. The van der Waals surface area contributed by atoms with Gasteiger partial charge in [0.1, 0.15) is 5.82 Å². The fourth-order valence-electron chi connectivity index (χ4n) is 2.80. The van der Waals surface area contributed by atoms with Crippen LogP contribution in [0.2, 0.25) is 0 Å². The van der Waals surface area contributed by atoms with Crippen molar-refractivity contribution >= 4 is 0 Å². The van der Waals surface area contributed by atoms with Crippen molar-refractivity contribution < 1.29 is 22.7 Å². The van der Waals surface area contributed by atoms with Gasteiger partial charge in [-0.15, -0.1) is 0 Å². The molecule has 1 nitrogen and oxygen atoms in total. The zero-order chi connectivity index (χ0) is 14.3. The second-order valence-corrected chi connectivity index (χ2v) is 5.38. The highest BCUT2D eigenvalue weighted by Gasteiger charge is 2.47. The van der Waals surface area contributed by atoms with Gasteiger partial charge < -0.3 is 5.11 Å². The van der Waals surface area contributed by atoms with Crippen molar-refractivity contribution in [3.05, 3.63) is 35.1 Å². The highest BCUT2D eigenvalue weighted by atomic mass is 19.4. The Morgan fingerprint density at radius 3 is 2.53 bits per heavy atom. The number of hydrogen-bond donors (Lipinski definition) is 1. The molecule has 5 heteroatoms. The molecule has 0 aromatic heterocycles. The lowest BCUT2D eigenvalue weighted by atomic mass is 9.74. The van der Waals surface area contributed by atoms with Crippen molar-refractivity contribution in [2.75, 3.05) is 0 Å². The number of aryl methyl sites for hydroxylation is 1. The van der Waals surface area contributed by atoms with Gasteiger partial charge in [0.05, 0.1) is 11.5 Å². The van der Waals surface area contributed by atoms with E-state index in [9.17, 15) is 22.7 Å². The van der Waals surface area contributed by atoms with Gasteiger partial charge in [0.2, 0.25) is 0 Å². The van der Waals surface area contributed by atoms with Gasteiger partial charge in [-0.2, -0.15) is 13.2 Å². The number of benzene rings is 1. The maximum atomic E-state index is 13.4. The molecule has 1 aliphatic carbocycles. The molecule has 0 bridgehead atoms. The molecular formula is C14H16F4O. The molecule has 0 saturated heterocycles. The van der Waals surface area contributed by atoms with Crippen molar-refractivity contribution in [2.45, 2.75) is 44.4 Å². The van der Waals surface area contributed by atoms with Crippen LogP contribution < -0.4 is 0 Å². The lowest BCUT2D eigenvalue weighted by Gasteiger charge is -2.38. The van der Waals surface area contributed by atoms with E-state index < -0.39 is 23.5 Å². The molecule has 106 valence electrons. The molecular weight excluding hydrogens is 260 g/mol. The molecule has 19 heavy (non-hydrogen) atoms. The zero-order valence-electron chi connectivity index (χ0n) is 10.6. The van der Waals surface area contributed by atoms with Gasteiger partial charge in [0.15, 0.2) is 0 Å². The quantitative estimate of drug-likeness (QED) is 0.766. The Bertz CT molecular complexity index is 449. The van der Waals surface area contributed by atoms with E-state index in [2.05, 4.69) is 0 Å². The van der Waals surface area contributed by atoms with Crippen LogP contribution in [0.5, 0.6) is 0 Å². The number of halogens is 4. The summed E-state index contributed by atoms with van der Waals surface area (Å²) in [7, 11) is 0. The summed E-state index contributed by atoms with van der Waals surface area (Å²) in [4.78, 5) is 0. The molecule has 1 saturated carbocycles. The van der Waals surface area contributed by atoms with Crippen molar-refractivity contribution in [3.63, 3.8) is 0 Å². The predicted molar refractivity (Wildman–Crippen MR) is 63.0 cm³/mol. The summed E-state index contributed by atoms with van der Waals surface area (Å²) in [6, 6.07) is 3.98. The molecule has 1 fully saturated rings. The summed E-state index contributed by atoms with van der Waals surface area (Å²) in [6.07, 6.45) is -4.14. The second-order valence-electron chi connectivity index (χ2n) is 5.38. The predicted octanol–water partition coefficient (Wildman–Crippen LogP) is 4.07. The van der Waals surface area contributed by atoms with Crippen LogP contribution in [0.4, 0.5) is 17.6 Å². The lowest BCUT2D eigenvalue weighted by Crippen LogP contribution is -2.38. The highest BCUT2D eigenvalue weighted by molar-refractivity contribution is 5.29. The summed E-state index contributed by atoms with van der Waals surface area (Å²) in [6.45, 7) is 1.65. The summed E-state index contributed by atoms with van der Waals surface area (Å²) < 4.78 is 51.7. The molecule has 0 radical (unpaired) electrons. The van der Waals surface area contributed by atoms with Crippen LogP contribution in [0.3, 0.4) is 0 Å². The van der Waals surface area contributed by atoms with E-state index in [0.29, 0.717) is 5.56 Å². The van der Waals surface area contributed by atoms with Crippen molar-refractivity contribution in [1.29, 1.82) is 0 Å². The average molecular weight is 276 g/mol. The maximum absolute atomic E-state index is 13.4. The second kappa shape index (κ2) is 4.78. The molecule has 0 spiro atoms. The van der Waals surface area contributed by atoms with Crippen molar-refractivity contribution in [1.82, 2.24) is 0 Å². The molecule has 0 amide bonds. The molecule has 1 aromatic carbocycles. The number of rotatable bonds is 1. The molecule has 2 atom stereocenters. The Kier molecular flexibility index (Phi) is 3.60. The topological polar surface area (TPSA) is 20.2 Å². The number of aliphatic hydroxyl groups is 1. The normalized spacial score (nSPS) is 28.4. The lowest BCUT2D eigenvalue weighted by molar-refractivity contribution is -0.201. The first-order valence-electron chi connectivity index (χ1n) is 6.27. The first-order chi connectivity index (χ1) is 8.71. The molecule has 0 heterocycles. The SMILES string of the molecule is Cc1cc(F)cc(C2(O)CCCC(C(F)(F)F)C2)c1. The summed E-state index contributed by atoms with van der Waals surface area (Å²) in [5, 5.41) is 10.5. The summed E-state index contributed by atoms with van der Waals surface area (Å²) in [5.41, 5.74) is -0.734. The highest BCUT2D eigenvalue weighted by Crippen LogP contribution is 2.46. The fraction of sp³-hybridized carbons (Fsp3) is 0.571. The Morgan fingerprint density at radius 1 is 1.26 bits per heavy atom. The van der Waals surface area contributed by atoms with E-state index in [1.165, 1.54) is 6.07 Å². The van der Waals surface area contributed by atoms with Crippen LogP contribution in [-0.4, -0.2) is 11.3 Å². The van der Waals surface area contributed by atoms with E-state index in [1.54, 1.807) is 13.0 Å². The number of hydrogen-bond acceptors (Lipinski definition) is 1. The zero-order valence-corrected chi connectivity index (χ0v) is 10.6. The van der Waals surface area contributed by atoms with Crippen LogP contribution in [0.15, 0.2) is 18.2 Å². The third-order valence-electron chi connectivity index (χ3n) is 3.77. The van der Waals surface area contributed by atoms with Gasteiger partial charge in [-0.1, -0.05) is 6.07 Å². The Morgan fingerprint density at radius 2 is 1.95 bits per heavy atom. The molecule has 2 unspecified atom stereocenters. The van der Waals surface area contributed by atoms with Gasteiger partial charge in [0.25, 0.3) is 0 Å². The Labute approximate surface area is 109 Å². The summed E-state index contributed by atoms with van der Waals surface area (Å²) >= 11 is 0. The summed E-state index contributed by atoms with van der Waals surface area (Å²) in [5.74, 6) is -2.05. The molecule has 1 N–H and O–H groups in total. The smallest absolute Gasteiger partial charge is 0.385 e. The fourth-order valence-corrected chi connectivity index (χ4v) is 2.80. The standard InChI is InChI=1S/C14H16F4O/c1-9-5-11(7-12(15)6-9)13(19)4-2-3-10(8-13)14(16,17)18/h5-7,10,19H,2-4,8H2,1H3. The van der Waals surface area contributed by atoms with Gasteiger partial charge in [-0.05, 0) is 55.9 Å². The van der Waals surface area contributed by atoms with E-state index in [-0.39, 0.29) is 31.2 Å². The van der Waals surface area contributed by atoms with Gasteiger partial charge >= 0.3 is 6.18 Å². The average Bonchev–Trinajstić information content (AvgIpc) is 2.26. The Hall–Kier alpha value is -1.10. The van der Waals surface area contributed by atoms with E-state index >= 15 is 0 Å². The van der Waals surface area contributed by atoms with E-state index in [0.717, 1.165) is 6.07 Å². The largest absolute Gasteiger partial charge is 0.391 e. The van der Waals surface area contributed by atoms with E-state index in [1.807, 2.05) is 0 Å². The van der Waals surface area contributed by atoms with Crippen LogP contribution >= 0.6 is 0 Å². The molecule has 2 rings (SSSR count). The first-order valence-corrected chi connectivity index (χ1v) is 6.27. The first kappa shape index (κ1) is 14.3. The molecule has 0 aliphatic heterocycles.